The van der Waals surface area contributed by atoms with Crippen LogP contribution in [0.5, 0.6) is 0 Å². The van der Waals surface area contributed by atoms with Gasteiger partial charge in [-0.2, -0.15) is 4.31 Å². The average Bonchev–Trinajstić information content (AvgIpc) is 2.81. The molecule has 0 aliphatic carbocycles. The molecule has 0 bridgehead atoms. The highest BCUT2D eigenvalue weighted by molar-refractivity contribution is 7.89. The third-order valence-corrected chi connectivity index (χ3v) is 4.66. The van der Waals surface area contributed by atoms with E-state index in [-0.39, 0.29) is 6.54 Å². The first kappa shape index (κ1) is 15.4. The fourth-order valence-electron chi connectivity index (χ4n) is 1.72. The molecule has 6 nitrogen and oxygen atoms in total. The molecule has 0 saturated heterocycles. The molecule has 0 saturated carbocycles. The van der Waals surface area contributed by atoms with Crippen LogP contribution in [0.4, 0.5) is 14.5 Å². The maximum atomic E-state index is 13.9. The number of halogens is 2. The first-order valence-corrected chi connectivity index (χ1v) is 7.29. The van der Waals surface area contributed by atoms with Gasteiger partial charge < -0.3 is 10.3 Å². The Morgan fingerprint density at radius 1 is 1.38 bits per heavy atom. The first-order chi connectivity index (χ1) is 9.73. The number of nitrogens with zero attached hydrogens (tertiary/aromatic N) is 2. The van der Waals surface area contributed by atoms with Crippen molar-refractivity contribution in [3.8, 4) is 0 Å². The number of nitrogens with two attached hydrogens (primary N) is 1. The number of nitrogen functional groups attached to an aromatic ring is 1. The highest BCUT2D eigenvalue weighted by Gasteiger charge is 2.27. The molecule has 0 atom stereocenters. The minimum atomic E-state index is -4.17. The van der Waals surface area contributed by atoms with E-state index in [2.05, 4.69) is 5.16 Å². The van der Waals surface area contributed by atoms with Crippen molar-refractivity contribution >= 4 is 15.7 Å². The zero-order valence-corrected chi connectivity index (χ0v) is 12.1. The van der Waals surface area contributed by atoms with Crippen LogP contribution in [0.25, 0.3) is 0 Å². The van der Waals surface area contributed by atoms with Gasteiger partial charge in [0.15, 0.2) is 5.82 Å². The highest BCUT2D eigenvalue weighted by Crippen LogP contribution is 2.25. The summed E-state index contributed by atoms with van der Waals surface area (Å²) in [6.45, 7) is 1.54. The fourth-order valence-corrected chi connectivity index (χ4v) is 2.94. The number of rotatable bonds is 4. The first-order valence-electron chi connectivity index (χ1n) is 5.85. The van der Waals surface area contributed by atoms with Gasteiger partial charge in [-0.15, -0.1) is 0 Å². The molecule has 0 aliphatic heterocycles. The van der Waals surface area contributed by atoms with Crippen LogP contribution in [-0.4, -0.2) is 24.9 Å². The van der Waals surface area contributed by atoms with Gasteiger partial charge >= 0.3 is 0 Å². The minimum absolute atomic E-state index is 0.115. The summed E-state index contributed by atoms with van der Waals surface area (Å²) in [6, 6.07) is 3.20. The van der Waals surface area contributed by atoms with Gasteiger partial charge in [-0.25, -0.2) is 17.2 Å². The zero-order chi connectivity index (χ0) is 15.8. The Labute approximate surface area is 120 Å². The Morgan fingerprint density at radius 3 is 2.62 bits per heavy atom. The monoisotopic (exact) mass is 317 g/mol. The van der Waals surface area contributed by atoms with Crippen molar-refractivity contribution in [3.05, 3.63) is 41.3 Å². The SMILES string of the molecule is Cc1cc(CN(C)S(=O)(=O)c2ccc(F)c(N)c2F)no1. The third-order valence-electron chi connectivity index (χ3n) is 2.84. The van der Waals surface area contributed by atoms with Gasteiger partial charge in [0, 0.05) is 13.1 Å². The molecule has 1 aromatic carbocycles. The summed E-state index contributed by atoms with van der Waals surface area (Å²) in [7, 11) is -2.92. The molecule has 114 valence electrons. The van der Waals surface area contributed by atoms with E-state index < -0.39 is 32.2 Å². The molecular weight excluding hydrogens is 304 g/mol. The quantitative estimate of drug-likeness (QED) is 0.866. The maximum Gasteiger partial charge on any atom is 0.246 e. The lowest BCUT2D eigenvalue weighted by Gasteiger charge is -2.16. The van der Waals surface area contributed by atoms with Gasteiger partial charge in [0.25, 0.3) is 0 Å². The second kappa shape index (κ2) is 5.41. The Balaban J connectivity index is 2.35. The van der Waals surface area contributed by atoms with Crippen molar-refractivity contribution in [1.82, 2.24) is 9.46 Å². The van der Waals surface area contributed by atoms with Crippen molar-refractivity contribution in [2.24, 2.45) is 0 Å². The van der Waals surface area contributed by atoms with Crippen molar-refractivity contribution in [2.75, 3.05) is 12.8 Å². The third kappa shape index (κ3) is 2.88. The van der Waals surface area contributed by atoms with E-state index in [4.69, 9.17) is 10.3 Å². The molecule has 0 spiro atoms. The maximum absolute atomic E-state index is 13.9. The lowest BCUT2D eigenvalue weighted by Crippen LogP contribution is -2.27. The molecule has 0 unspecified atom stereocenters. The number of hydrogen-bond acceptors (Lipinski definition) is 5. The van der Waals surface area contributed by atoms with Crippen molar-refractivity contribution in [2.45, 2.75) is 18.4 Å². The summed E-state index contributed by atoms with van der Waals surface area (Å²) < 4.78 is 57.2. The Bertz CT molecular complexity index is 774. The van der Waals surface area contributed by atoms with Crippen LogP contribution in [0.15, 0.2) is 27.6 Å². The van der Waals surface area contributed by atoms with Crippen LogP contribution in [0.3, 0.4) is 0 Å². The summed E-state index contributed by atoms with van der Waals surface area (Å²) in [6.07, 6.45) is 0. The molecule has 9 heteroatoms. The van der Waals surface area contributed by atoms with Gasteiger partial charge in [0.05, 0.1) is 12.2 Å². The highest BCUT2D eigenvalue weighted by atomic mass is 32.2. The van der Waals surface area contributed by atoms with E-state index in [0.717, 1.165) is 16.4 Å². The van der Waals surface area contributed by atoms with Crippen molar-refractivity contribution in [1.29, 1.82) is 0 Å². The summed E-state index contributed by atoms with van der Waals surface area (Å²) in [5, 5.41) is 3.66. The molecule has 0 radical (unpaired) electrons. The number of aryl methyl sites for hydroxylation is 1. The second-order valence-corrected chi connectivity index (χ2v) is 6.48. The smallest absolute Gasteiger partial charge is 0.246 e. The summed E-state index contributed by atoms with van der Waals surface area (Å²) in [5.74, 6) is -1.80. The zero-order valence-electron chi connectivity index (χ0n) is 11.3. The number of hydrogen-bond donors (Lipinski definition) is 1. The molecule has 2 N–H and O–H groups in total. The van der Waals surface area contributed by atoms with Crippen molar-refractivity contribution in [3.63, 3.8) is 0 Å². The van der Waals surface area contributed by atoms with Crippen LogP contribution in [-0.2, 0) is 16.6 Å². The van der Waals surface area contributed by atoms with Gasteiger partial charge in [-0.05, 0) is 19.1 Å². The molecule has 2 aromatic rings. The standard InChI is InChI=1S/C12H13F2N3O3S/c1-7-5-8(16-20-7)6-17(2)21(18,19)10-4-3-9(13)12(15)11(10)14/h3-5H,6,15H2,1-2H3. The number of aromatic nitrogens is 1. The molecule has 0 amide bonds. The molecular formula is C12H13F2N3O3S. The van der Waals surface area contributed by atoms with Crippen molar-refractivity contribution < 1.29 is 21.7 Å². The van der Waals surface area contributed by atoms with E-state index >= 15 is 0 Å². The van der Waals surface area contributed by atoms with E-state index in [9.17, 15) is 17.2 Å². The van der Waals surface area contributed by atoms with Gasteiger partial charge in [-0.3, -0.25) is 0 Å². The number of anilines is 1. The van der Waals surface area contributed by atoms with Gasteiger partial charge in [0.2, 0.25) is 10.0 Å². The Morgan fingerprint density at radius 2 is 2.05 bits per heavy atom. The van der Waals surface area contributed by atoms with Crippen LogP contribution in [0.2, 0.25) is 0 Å². The average molecular weight is 317 g/mol. The topological polar surface area (TPSA) is 89.4 Å². The summed E-state index contributed by atoms with van der Waals surface area (Å²) >= 11 is 0. The van der Waals surface area contributed by atoms with Crippen LogP contribution < -0.4 is 5.73 Å². The molecule has 1 aromatic heterocycles. The Hall–Kier alpha value is -2.00. The number of benzene rings is 1. The van der Waals surface area contributed by atoms with E-state index in [1.54, 1.807) is 13.0 Å². The number of sulfonamides is 1. The fraction of sp³-hybridized carbons (Fsp3) is 0.250. The molecule has 21 heavy (non-hydrogen) atoms. The van der Waals surface area contributed by atoms with E-state index in [0.29, 0.717) is 11.5 Å². The van der Waals surface area contributed by atoms with Crippen LogP contribution >= 0.6 is 0 Å². The summed E-state index contributed by atoms with van der Waals surface area (Å²) in [4.78, 5) is -0.691. The normalized spacial score (nSPS) is 12.0. The summed E-state index contributed by atoms with van der Waals surface area (Å²) in [5.41, 5.74) is 4.71. The Kier molecular flexibility index (Phi) is 3.97. The molecule has 2 rings (SSSR count). The molecule has 1 heterocycles. The predicted molar refractivity (Wildman–Crippen MR) is 70.7 cm³/mol. The minimum Gasteiger partial charge on any atom is -0.394 e. The second-order valence-electron chi connectivity index (χ2n) is 4.46. The van der Waals surface area contributed by atoms with Crippen LogP contribution in [0.1, 0.15) is 11.5 Å². The molecule has 0 fully saturated rings. The lowest BCUT2D eigenvalue weighted by atomic mass is 10.3. The van der Waals surface area contributed by atoms with Gasteiger partial charge in [0.1, 0.15) is 22.2 Å². The van der Waals surface area contributed by atoms with E-state index in [1.165, 1.54) is 7.05 Å². The largest absolute Gasteiger partial charge is 0.394 e. The lowest BCUT2D eigenvalue weighted by molar-refractivity contribution is 0.377. The predicted octanol–water partition coefficient (Wildman–Crippen LogP) is 1.66. The van der Waals surface area contributed by atoms with Gasteiger partial charge in [-0.1, -0.05) is 5.16 Å². The van der Waals surface area contributed by atoms with E-state index in [1.807, 2.05) is 0 Å². The molecule has 0 aliphatic rings. The van der Waals surface area contributed by atoms with Crippen LogP contribution in [0, 0.1) is 18.6 Å².